The van der Waals surface area contributed by atoms with Gasteiger partial charge < -0.3 is 9.80 Å². The van der Waals surface area contributed by atoms with Gasteiger partial charge in [-0.3, -0.25) is 9.69 Å². The molecule has 0 N–H and O–H groups in total. The molecule has 2 aliphatic heterocycles. The molecule has 7 heteroatoms. The van der Waals surface area contributed by atoms with E-state index in [1.807, 2.05) is 12.1 Å². The summed E-state index contributed by atoms with van der Waals surface area (Å²) in [4.78, 5) is 26.8. The maximum atomic E-state index is 13.0. The Morgan fingerprint density at radius 1 is 1.00 bits per heavy atom. The number of aromatic nitrogens is 2. The Labute approximate surface area is 145 Å². The number of halogens is 1. The number of likely N-dealkylation sites (tertiary alicyclic amines) is 1. The Balaban J connectivity index is 1.27. The lowest BCUT2D eigenvalue weighted by Gasteiger charge is -2.48. The minimum Gasteiger partial charge on any atom is -0.369 e. The van der Waals surface area contributed by atoms with Crippen molar-refractivity contribution in [3.8, 4) is 0 Å². The third-order valence-electron chi connectivity index (χ3n) is 4.93. The van der Waals surface area contributed by atoms with E-state index >= 15 is 0 Å². The molecule has 1 amide bonds. The number of nitrogens with zero attached hydrogens (tertiary/aromatic N) is 5. The molecule has 1 aromatic carbocycles. The predicted octanol–water partition coefficient (Wildman–Crippen LogP) is 1.26. The summed E-state index contributed by atoms with van der Waals surface area (Å²) in [5.41, 5.74) is 1.06. The summed E-state index contributed by atoms with van der Waals surface area (Å²) >= 11 is 0. The van der Waals surface area contributed by atoms with Crippen LogP contribution in [0.15, 0.2) is 42.7 Å². The highest BCUT2D eigenvalue weighted by atomic mass is 19.1. The quantitative estimate of drug-likeness (QED) is 0.841. The highest BCUT2D eigenvalue weighted by Gasteiger charge is 2.37. The molecular formula is C18H20FN5O. The first-order valence-corrected chi connectivity index (χ1v) is 8.51. The van der Waals surface area contributed by atoms with E-state index in [0.717, 1.165) is 45.0 Å². The van der Waals surface area contributed by atoms with Crippen LogP contribution in [-0.2, 0) is 0 Å². The van der Waals surface area contributed by atoms with E-state index in [4.69, 9.17) is 0 Å². The van der Waals surface area contributed by atoms with Crippen LogP contribution in [0.2, 0.25) is 0 Å². The topological polar surface area (TPSA) is 52.6 Å². The molecule has 2 fully saturated rings. The van der Waals surface area contributed by atoms with Gasteiger partial charge in [-0.1, -0.05) is 0 Å². The lowest BCUT2D eigenvalue weighted by atomic mass is 10.1. The first kappa shape index (κ1) is 16.0. The van der Waals surface area contributed by atoms with Crippen molar-refractivity contribution in [3.05, 3.63) is 54.4 Å². The third kappa shape index (κ3) is 3.32. The molecule has 130 valence electrons. The monoisotopic (exact) mass is 341 g/mol. The Kier molecular flexibility index (Phi) is 4.31. The lowest BCUT2D eigenvalue weighted by Crippen LogP contribution is -2.64. The standard InChI is InChI=1S/C18H20FN5O/c19-14-2-4-15(5-3-14)22-8-10-23(11-9-22)16-12-24(13-16)18(25)17-20-6-1-7-21-17/h1-7,16H,8-13H2. The van der Waals surface area contributed by atoms with Crippen LogP contribution < -0.4 is 4.90 Å². The minimum absolute atomic E-state index is 0.0956. The second-order valence-electron chi connectivity index (χ2n) is 6.44. The van der Waals surface area contributed by atoms with E-state index in [1.54, 1.807) is 23.4 Å². The number of anilines is 1. The van der Waals surface area contributed by atoms with Crippen LogP contribution in [0.1, 0.15) is 10.6 Å². The van der Waals surface area contributed by atoms with Crippen LogP contribution >= 0.6 is 0 Å². The SMILES string of the molecule is O=C(c1ncccn1)N1CC(N2CCN(c3ccc(F)cc3)CC2)C1. The number of amides is 1. The third-order valence-corrected chi connectivity index (χ3v) is 4.93. The molecule has 0 atom stereocenters. The van der Waals surface area contributed by atoms with E-state index in [1.165, 1.54) is 12.1 Å². The maximum Gasteiger partial charge on any atom is 0.291 e. The summed E-state index contributed by atoms with van der Waals surface area (Å²) in [6.07, 6.45) is 3.18. The molecule has 2 aromatic rings. The highest BCUT2D eigenvalue weighted by molar-refractivity contribution is 5.91. The number of rotatable bonds is 3. The molecule has 1 aromatic heterocycles. The van der Waals surface area contributed by atoms with Crippen molar-refractivity contribution in [2.45, 2.75) is 6.04 Å². The van der Waals surface area contributed by atoms with Gasteiger partial charge in [-0.05, 0) is 30.3 Å². The number of hydrogen-bond donors (Lipinski definition) is 0. The summed E-state index contributed by atoms with van der Waals surface area (Å²) in [5, 5.41) is 0. The van der Waals surface area contributed by atoms with Crippen LogP contribution in [0.3, 0.4) is 0 Å². The molecule has 2 aliphatic rings. The summed E-state index contributed by atoms with van der Waals surface area (Å²) in [6, 6.07) is 8.77. The smallest absolute Gasteiger partial charge is 0.291 e. The molecule has 0 bridgehead atoms. The first-order chi connectivity index (χ1) is 12.2. The Morgan fingerprint density at radius 2 is 1.64 bits per heavy atom. The van der Waals surface area contributed by atoms with Crippen molar-refractivity contribution in [1.82, 2.24) is 19.8 Å². The van der Waals surface area contributed by atoms with Gasteiger partial charge in [0, 0.05) is 63.4 Å². The number of benzene rings is 1. The molecule has 3 heterocycles. The van der Waals surface area contributed by atoms with Crippen molar-refractivity contribution < 1.29 is 9.18 Å². The molecule has 6 nitrogen and oxygen atoms in total. The van der Waals surface area contributed by atoms with Crippen molar-refractivity contribution >= 4 is 11.6 Å². The average molecular weight is 341 g/mol. The molecule has 0 aliphatic carbocycles. The predicted molar refractivity (Wildman–Crippen MR) is 91.9 cm³/mol. The average Bonchev–Trinajstić information content (AvgIpc) is 2.62. The van der Waals surface area contributed by atoms with Crippen molar-refractivity contribution in [2.75, 3.05) is 44.2 Å². The number of piperazine rings is 1. The molecule has 0 spiro atoms. The molecule has 0 radical (unpaired) electrons. The van der Waals surface area contributed by atoms with E-state index in [0.29, 0.717) is 6.04 Å². The lowest BCUT2D eigenvalue weighted by molar-refractivity contribution is 0.0237. The van der Waals surface area contributed by atoms with E-state index in [9.17, 15) is 9.18 Å². The molecular weight excluding hydrogens is 321 g/mol. The van der Waals surface area contributed by atoms with Gasteiger partial charge in [-0.15, -0.1) is 0 Å². The fourth-order valence-electron chi connectivity index (χ4n) is 3.40. The second-order valence-corrected chi connectivity index (χ2v) is 6.44. The fourth-order valence-corrected chi connectivity index (χ4v) is 3.40. The summed E-state index contributed by atoms with van der Waals surface area (Å²) < 4.78 is 13.0. The number of hydrogen-bond acceptors (Lipinski definition) is 5. The van der Waals surface area contributed by atoms with Crippen LogP contribution in [0, 0.1) is 5.82 Å². The highest BCUT2D eigenvalue weighted by Crippen LogP contribution is 2.21. The van der Waals surface area contributed by atoms with E-state index in [2.05, 4.69) is 19.8 Å². The van der Waals surface area contributed by atoms with Crippen LogP contribution in [-0.4, -0.2) is 71.0 Å². The molecule has 0 saturated carbocycles. The Bertz CT molecular complexity index is 725. The molecule has 4 rings (SSSR count). The zero-order valence-corrected chi connectivity index (χ0v) is 13.9. The van der Waals surface area contributed by atoms with E-state index in [-0.39, 0.29) is 17.5 Å². The molecule has 2 saturated heterocycles. The zero-order valence-electron chi connectivity index (χ0n) is 13.9. The van der Waals surface area contributed by atoms with Gasteiger partial charge in [0.2, 0.25) is 5.82 Å². The largest absolute Gasteiger partial charge is 0.369 e. The minimum atomic E-state index is -0.205. The van der Waals surface area contributed by atoms with Crippen LogP contribution in [0.5, 0.6) is 0 Å². The van der Waals surface area contributed by atoms with Gasteiger partial charge >= 0.3 is 0 Å². The van der Waals surface area contributed by atoms with Gasteiger partial charge in [0.15, 0.2) is 0 Å². The van der Waals surface area contributed by atoms with Gasteiger partial charge in [-0.25, -0.2) is 14.4 Å². The Hall–Kier alpha value is -2.54. The molecule has 25 heavy (non-hydrogen) atoms. The van der Waals surface area contributed by atoms with Crippen LogP contribution in [0.25, 0.3) is 0 Å². The van der Waals surface area contributed by atoms with Crippen molar-refractivity contribution in [3.63, 3.8) is 0 Å². The van der Waals surface area contributed by atoms with Gasteiger partial charge in [0.25, 0.3) is 5.91 Å². The summed E-state index contributed by atoms with van der Waals surface area (Å²) in [5.74, 6) is -0.0344. The number of carbonyl (C=O) groups is 1. The molecule has 0 unspecified atom stereocenters. The Morgan fingerprint density at radius 3 is 2.28 bits per heavy atom. The number of carbonyl (C=O) groups excluding carboxylic acids is 1. The zero-order chi connectivity index (χ0) is 17.2. The first-order valence-electron chi connectivity index (χ1n) is 8.51. The normalized spacial score (nSPS) is 18.9. The second kappa shape index (κ2) is 6.76. The van der Waals surface area contributed by atoms with Crippen LogP contribution in [0.4, 0.5) is 10.1 Å². The fraction of sp³-hybridized carbons (Fsp3) is 0.389. The van der Waals surface area contributed by atoms with Gasteiger partial charge in [0.05, 0.1) is 0 Å². The van der Waals surface area contributed by atoms with Crippen molar-refractivity contribution in [2.24, 2.45) is 0 Å². The maximum absolute atomic E-state index is 13.0. The summed E-state index contributed by atoms with van der Waals surface area (Å²) in [7, 11) is 0. The van der Waals surface area contributed by atoms with Gasteiger partial charge in [0.1, 0.15) is 5.82 Å². The summed E-state index contributed by atoms with van der Waals surface area (Å²) in [6.45, 7) is 5.19. The van der Waals surface area contributed by atoms with Crippen molar-refractivity contribution in [1.29, 1.82) is 0 Å². The van der Waals surface area contributed by atoms with Gasteiger partial charge in [-0.2, -0.15) is 0 Å². The van der Waals surface area contributed by atoms with E-state index < -0.39 is 0 Å².